The Morgan fingerprint density at radius 2 is 1.73 bits per heavy atom. The highest BCUT2D eigenvalue weighted by molar-refractivity contribution is 5.99. The van der Waals surface area contributed by atoms with Crippen LogP contribution < -0.4 is 15.0 Å². The van der Waals surface area contributed by atoms with Crippen molar-refractivity contribution in [2.45, 2.75) is 64.3 Å². The quantitative estimate of drug-likeness (QED) is 0.690. The molecule has 2 amide bonds. The summed E-state index contributed by atoms with van der Waals surface area (Å²) in [6.45, 7) is 2.45. The van der Waals surface area contributed by atoms with Gasteiger partial charge < -0.3 is 19.7 Å². The Kier molecular flexibility index (Phi) is 8.11. The Bertz CT molecular complexity index is 726. The topological polar surface area (TPSA) is 84.9 Å². The van der Waals surface area contributed by atoms with E-state index in [-0.39, 0.29) is 37.4 Å². The third kappa shape index (κ3) is 6.21. The van der Waals surface area contributed by atoms with Gasteiger partial charge in [0.1, 0.15) is 5.75 Å². The van der Waals surface area contributed by atoms with E-state index in [1.807, 2.05) is 6.92 Å². The zero-order chi connectivity index (χ0) is 21.3. The van der Waals surface area contributed by atoms with Gasteiger partial charge in [-0.25, -0.2) is 0 Å². The fraction of sp³-hybridized carbons (Fsp3) is 0.609. The highest BCUT2D eigenvalue weighted by atomic mass is 16.5. The molecular formula is C23H32N2O5. The Labute approximate surface area is 178 Å². The molecule has 2 fully saturated rings. The van der Waals surface area contributed by atoms with Crippen molar-refractivity contribution in [1.29, 1.82) is 0 Å². The lowest BCUT2D eigenvalue weighted by Gasteiger charge is -2.21. The molecule has 1 unspecified atom stereocenters. The first-order valence-electron chi connectivity index (χ1n) is 11.1. The minimum absolute atomic E-state index is 0.0935. The van der Waals surface area contributed by atoms with E-state index < -0.39 is 11.9 Å². The number of amides is 2. The van der Waals surface area contributed by atoms with Gasteiger partial charge in [0, 0.05) is 24.7 Å². The average Bonchev–Trinajstić information content (AvgIpc) is 3.11. The van der Waals surface area contributed by atoms with Gasteiger partial charge in [0.2, 0.25) is 5.91 Å². The third-order valence-corrected chi connectivity index (χ3v) is 5.73. The summed E-state index contributed by atoms with van der Waals surface area (Å²) in [6, 6.07) is 7.38. The number of hydrogen-bond acceptors (Lipinski definition) is 5. The van der Waals surface area contributed by atoms with Crippen molar-refractivity contribution in [3.8, 4) is 5.75 Å². The van der Waals surface area contributed by atoms with Gasteiger partial charge in [-0.05, 0) is 44.0 Å². The summed E-state index contributed by atoms with van der Waals surface area (Å²) >= 11 is 0. The minimum Gasteiger partial charge on any atom is -0.494 e. The van der Waals surface area contributed by atoms with Crippen LogP contribution >= 0.6 is 0 Å². The number of ether oxygens (including phenoxy) is 2. The largest absolute Gasteiger partial charge is 0.494 e. The van der Waals surface area contributed by atoms with Crippen LogP contribution in [-0.4, -0.2) is 43.6 Å². The number of hydrogen-bond donors (Lipinski definition) is 1. The second kappa shape index (κ2) is 11.0. The van der Waals surface area contributed by atoms with Crippen molar-refractivity contribution >= 4 is 23.5 Å². The molecule has 1 aromatic rings. The second-order valence-electron chi connectivity index (χ2n) is 8.05. The molecular weight excluding hydrogens is 384 g/mol. The number of esters is 1. The van der Waals surface area contributed by atoms with Gasteiger partial charge in [0.25, 0.3) is 5.91 Å². The van der Waals surface area contributed by atoms with E-state index in [0.717, 1.165) is 37.1 Å². The molecule has 1 heterocycles. The van der Waals surface area contributed by atoms with E-state index in [4.69, 9.17) is 9.47 Å². The van der Waals surface area contributed by atoms with E-state index in [1.54, 1.807) is 29.2 Å². The zero-order valence-corrected chi connectivity index (χ0v) is 17.7. The molecule has 7 nitrogen and oxygen atoms in total. The zero-order valence-electron chi connectivity index (χ0n) is 17.7. The maximum absolute atomic E-state index is 12.4. The van der Waals surface area contributed by atoms with Crippen molar-refractivity contribution in [1.82, 2.24) is 5.32 Å². The van der Waals surface area contributed by atoms with Crippen LogP contribution in [0.15, 0.2) is 24.3 Å². The molecule has 1 saturated heterocycles. The summed E-state index contributed by atoms with van der Waals surface area (Å²) in [6.07, 6.45) is 7.99. The molecule has 0 spiro atoms. The first-order chi connectivity index (χ1) is 14.6. The normalized spacial score (nSPS) is 20.4. The van der Waals surface area contributed by atoms with Crippen LogP contribution in [0.4, 0.5) is 5.69 Å². The van der Waals surface area contributed by atoms with Crippen LogP contribution in [0.1, 0.15) is 58.3 Å². The Hall–Kier alpha value is -2.57. The van der Waals surface area contributed by atoms with Gasteiger partial charge in [-0.1, -0.05) is 32.1 Å². The number of carbonyl (C=O) groups excluding carboxylic acids is 3. The molecule has 1 saturated carbocycles. The number of anilines is 1. The summed E-state index contributed by atoms with van der Waals surface area (Å²) < 4.78 is 10.6. The smallest absolute Gasteiger partial charge is 0.311 e. The molecule has 164 valence electrons. The van der Waals surface area contributed by atoms with Gasteiger partial charge in [-0.3, -0.25) is 14.4 Å². The van der Waals surface area contributed by atoms with Crippen LogP contribution in [-0.2, 0) is 19.1 Å². The standard InChI is InChI=1S/C23H32N2O5/c1-2-29-20-12-10-19(11-13-20)25-15-17(14-22(25)27)23(28)30-16-21(26)24-18-8-6-4-3-5-7-9-18/h10-13,17-18H,2-9,14-16H2,1H3,(H,24,26). The van der Waals surface area contributed by atoms with E-state index in [9.17, 15) is 14.4 Å². The van der Waals surface area contributed by atoms with Crippen LogP contribution in [0.5, 0.6) is 5.75 Å². The third-order valence-electron chi connectivity index (χ3n) is 5.73. The van der Waals surface area contributed by atoms with E-state index in [1.165, 1.54) is 19.3 Å². The summed E-state index contributed by atoms with van der Waals surface area (Å²) in [5.41, 5.74) is 0.723. The lowest BCUT2D eigenvalue weighted by atomic mass is 9.97. The van der Waals surface area contributed by atoms with Crippen molar-refractivity contribution in [3.63, 3.8) is 0 Å². The molecule has 1 aromatic carbocycles. The molecule has 2 aliphatic rings. The molecule has 1 aliphatic carbocycles. The molecule has 0 aromatic heterocycles. The first kappa shape index (κ1) is 22.1. The molecule has 7 heteroatoms. The van der Waals surface area contributed by atoms with Gasteiger partial charge in [-0.15, -0.1) is 0 Å². The summed E-state index contributed by atoms with van der Waals surface area (Å²) in [4.78, 5) is 38.5. The van der Waals surface area contributed by atoms with Crippen LogP contribution in [0.3, 0.4) is 0 Å². The van der Waals surface area contributed by atoms with E-state index in [2.05, 4.69) is 5.32 Å². The number of nitrogens with zero attached hydrogens (tertiary/aromatic N) is 1. The predicted molar refractivity (Wildman–Crippen MR) is 113 cm³/mol. The molecule has 1 atom stereocenters. The highest BCUT2D eigenvalue weighted by Gasteiger charge is 2.36. The molecule has 0 radical (unpaired) electrons. The number of carbonyl (C=O) groups is 3. The SMILES string of the molecule is CCOc1ccc(N2CC(C(=O)OCC(=O)NC3CCCCCCC3)CC2=O)cc1. The van der Waals surface area contributed by atoms with Crippen molar-refractivity contribution in [3.05, 3.63) is 24.3 Å². The van der Waals surface area contributed by atoms with Gasteiger partial charge in [0.15, 0.2) is 6.61 Å². The number of nitrogens with one attached hydrogen (secondary N) is 1. The molecule has 30 heavy (non-hydrogen) atoms. The number of rotatable bonds is 7. The fourth-order valence-electron chi connectivity index (χ4n) is 4.13. The number of benzene rings is 1. The fourth-order valence-corrected chi connectivity index (χ4v) is 4.13. The average molecular weight is 417 g/mol. The Morgan fingerprint density at radius 3 is 2.40 bits per heavy atom. The van der Waals surface area contributed by atoms with Crippen molar-refractivity contribution in [2.24, 2.45) is 5.92 Å². The van der Waals surface area contributed by atoms with Gasteiger partial charge >= 0.3 is 5.97 Å². The highest BCUT2D eigenvalue weighted by Crippen LogP contribution is 2.27. The lowest BCUT2D eigenvalue weighted by Crippen LogP contribution is -2.38. The Morgan fingerprint density at radius 1 is 1.07 bits per heavy atom. The van der Waals surface area contributed by atoms with Crippen LogP contribution in [0.25, 0.3) is 0 Å². The molecule has 1 N–H and O–H groups in total. The maximum Gasteiger partial charge on any atom is 0.311 e. The lowest BCUT2D eigenvalue weighted by molar-refractivity contribution is -0.152. The van der Waals surface area contributed by atoms with Crippen LogP contribution in [0, 0.1) is 5.92 Å². The van der Waals surface area contributed by atoms with Crippen LogP contribution in [0.2, 0.25) is 0 Å². The maximum atomic E-state index is 12.4. The summed E-state index contributed by atoms with van der Waals surface area (Å²) in [5.74, 6) is -0.705. The van der Waals surface area contributed by atoms with E-state index >= 15 is 0 Å². The first-order valence-corrected chi connectivity index (χ1v) is 11.1. The monoisotopic (exact) mass is 416 g/mol. The predicted octanol–water partition coefficient (Wildman–Crippen LogP) is 3.21. The summed E-state index contributed by atoms with van der Waals surface area (Å²) in [5, 5.41) is 2.99. The molecule has 1 aliphatic heterocycles. The van der Waals surface area contributed by atoms with E-state index in [0.29, 0.717) is 6.61 Å². The molecule has 0 bridgehead atoms. The van der Waals surface area contributed by atoms with Crippen molar-refractivity contribution < 1.29 is 23.9 Å². The minimum atomic E-state index is -0.557. The van der Waals surface area contributed by atoms with Gasteiger partial charge in [0.05, 0.1) is 12.5 Å². The van der Waals surface area contributed by atoms with Gasteiger partial charge in [-0.2, -0.15) is 0 Å². The van der Waals surface area contributed by atoms with Crippen molar-refractivity contribution in [2.75, 3.05) is 24.7 Å². The second-order valence-corrected chi connectivity index (χ2v) is 8.05. The summed E-state index contributed by atoms with van der Waals surface area (Å²) in [7, 11) is 0. The molecule has 3 rings (SSSR count). The Balaban J connectivity index is 1.45.